The zero-order chi connectivity index (χ0) is 16.1. The first-order valence-corrected chi connectivity index (χ1v) is 7.26. The number of allylic oxidation sites excluding steroid dienone is 1. The molecule has 22 heavy (non-hydrogen) atoms. The summed E-state index contributed by atoms with van der Waals surface area (Å²) in [7, 11) is 0. The van der Waals surface area contributed by atoms with Crippen LogP contribution >= 0.6 is 0 Å². The van der Waals surface area contributed by atoms with Crippen LogP contribution in [0.5, 0.6) is 0 Å². The number of rotatable bonds is 3. The first-order chi connectivity index (χ1) is 10.5. The van der Waals surface area contributed by atoms with Crippen molar-refractivity contribution in [2.75, 3.05) is 0 Å². The summed E-state index contributed by atoms with van der Waals surface area (Å²) in [6.45, 7) is 0. The van der Waals surface area contributed by atoms with Crippen LogP contribution in [0.1, 0.15) is 37.7 Å². The number of hydrogen-bond acceptors (Lipinski definition) is 3. The second kappa shape index (κ2) is 7.11. The average Bonchev–Trinajstić information content (AvgIpc) is 2.48. The molecule has 0 bridgehead atoms. The fourth-order valence-corrected chi connectivity index (χ4v) is 2.62. The monoisotopic (exact) mass is 304 g/mol. The summed E-state index contributed by atoms with van der Waals surface area (Å²) in [6.07, 6.45) is 4.71. The van der Waals surface area contributed by atoms with Crippen LogP contribution in [0.4, 0.5) is 4.39 Å². The Morgan fingerprint density at radius 1 is 1.14 bits per heavy atom. The highest BCUT2D eigenvalue weighted by molar-refractivity contribution is 6.38. The summed E-state index contributed by atoms with van der Waals surface area (Å²) in [6, 6.07) is 5.67. The highest BCUT2D eigenvalue weighted by Crippen LogP contribution is 2.26. The van der Waals surface area contributed by atoms with E-state index in [1.54, 1.807) is 18.2 Å². The maximum atomic E-state index is 12.9. The van der Waals surface area contributed by atoms with Gasteiger partial charge in [-0.15, -0.1) is 0 Å². The summed E-state index contributed by atoms with van der Waals surface area (Å²) >= 11 is 0. The Balaban J connectivity index is 2.30. The summed E-state index contributed by atoms with van der Waals surface area (Å²) in [5, 5.41) is 8.86. The van der Waals surface area contributed by atoms with E-state index < -0.39 is 23.5 Å². The molecule has 1 N–H and O–H groups in total. The van der Waals surface area contributed by atoms with Gasteiger partial charge in [-0.1, -0.05) is 25.0 Å². The second-order valence-electron chi connectivity index (χ2n) is 5.41. The van der Waals surface area contributed by atoms with Crippen molar-refractivity contribution in [2.45, 2.75) is 32.1 Å². The van der Waals surface area contributed by atoms with Crippen LogP contribution in [0.25, 0.3) is 6.08 Å². The number of carboxylic acid groups (broad SMARTS) is 1. The molecule has 1 aromatic rings. The van der Waals surface area contributed by atoms with Gasteiger partial charge in [0.1, 0.15) is 5.82 Å². The van der Waals surface area contributed by atoms with E-state index in [1.807, 2.05) is 0 Å². The summed E-state index contributed by atoms with van der Waals surface area (Å²) < 4.78 is 12.9. The van der Waals surface area contributed by atoms with Gasteiger partial charge in [-0.3, -0.25) is 9.59 Å². The maximum Gasteiger partial charge on any atom is 0.372 e. The van der Waals surface area contributed by atoms with Crippen molar-refractivity contribution in [3.05, 3.63) is 41.2 Å². The molecule has 2 rings (SSSR count). The van der Waals surface area contributed by atoms with Crippen molar-refractivity contribution in [1.82, 2.24) is 0 Å². The lowest BCUT2D eigenvalue weighted by Gasteiger charge is -2.18. The predicted molar refractivity (Wildman–Crippen MR) is 78.6 cm³/mol. The fraction of sp³-hybridized carbons (Fsp3) is 0.353. The largest absolute Gasteiger partial charge is 0.475 e. The zero-order valence-electron chi connectivity index (χ0n) is 12.0. The molecule has 0 radical (unpaired) electrons. The van der Waals surface area contributed by atoms with Gasteiger partial charge < -0.3 is 5.11 Å². The Labute approximate surface area is 127 Å². The number of carboxylic acids is 1. The highest BCUT2D eigenvalue weighted by Gasteiger charge is 2.33. The average molecular weight is 304 g/mol. The van der Waals surface area contributed by atoms with Crippen molar-refractivity contribution in [3.63, 3.8) is 0 Å². The Kier molecular flexibility index (Phi) is 5.20. The van der Waals surface area contributed by atoms with Crippen LogP contribution in [0.15, 0.2) is 29.8 Å². The normalized spacial score (nSPS) is 21.2. The lowest BCUT2D eigenvalue weighted by Crippen LogP contribution is -2.31. The number of benzene rings is 1. The predicted octanol–water partition coefficient (Wildman–Crippen LogP) is 3.01. The van der Waals surface area contributed by atoms with Gasteiger partial charge in [-0.05, 0) is 48.6 Å². The lowest BCUT2D eigenvalue weighted by molar-refractivity contribution is -0.152. The lowest BCUT2D eigenvalue weighted by atomic mass is 9.83. The molecule has 0 heterocycles. The van der Waals surface area contributed by atoms with Gasteiger partial charge in [-0.2, -0.15) is 0 Å². The molecule has 4 nitrogen and oxygen atoms in total. The summed E-state index contributed by atoms with van der Waals surface area (Å²) in [5.41, 5.74) is 1.10. The van der Waals surface area contributed by atoms with Crippen molar-refractivity contribution in [1.29, 1.82) is 0 Å². The van der Waals surface area contributed by atoms with E-state index in [-0.39, 0.29) is 12.2 Å². The van der Waals surface area contributed by atoms with Gasteiger partial charge in [0.25, 0.3) is 5.78 Å². The zero-order valence-corrected chi connectivity index (χ0v) is 12.0. The molecule has 1 aliphatic carbocycles. The number of Topliss-reactive ketones (excluding diaryl/α,β-unsaturated/α-hetero) is 2. The minimum atomic E-state index is -1.57. The number of ketones is 2. The molecule has 0 spiro atoms. The van der Waals surface area contributed by atoms with Crippen LogP contribution in [-0.2, 0) is 14.4 Å². The number of aliphatic carboxylic acids is 1. The third-order valence-electron chi connectivity index (χ3n) is 3.81. The Hall–Kier alpha value is -2.30. The third-order valence-corrected chi connectivity index (χ3v) is 3.81. The molecular weight excluding hydrogens is 287 g/mol. The molecule has 1 aliphatic rings. The van der Waals surface area contributed by atoms with Crippen LogP contribution in [0.3, 0.4) is 0 Å². The molecule has 1 saturated carbocycles. The summed E-state index contributed by atoms with van der Waals surface area (Å²) in [4.78, 5) is 35.1. The molecule has 0 aromatic heterocycles. The molecule has 0 aliphatic heterocycles. The Morgan fingerprint density at radius 2 is 1.82 bits per heavy atom. The van der Waals surface area contributed by atoms with Crippen molar-refractivity contribution < 1.29 is 23.9 Å². The van der Waals surface area contributed by atoms with Gasteiger partial charge >= 0.3 is 5.97 Å². The molecule has 0 amide bonds. The van der Waals surface area contributed by atoms with Gasteiger partial charge in [0.05, 0.1) is 5.92 Å². The van der Waals surface area contributed by atoms with E-state index in [4.69, 9.17) is 5.11 Å². The van der Waals surface area contributed by atoms with Crippen LogP contribution < -0.4 is 0 Å². The minimum absolute atomic E-state index is 0.269. The molecule has 1 atom stereocenters. The molecule has 1 unspecified atom stereocenters. The molecule has 1 fully saturated rings. The van der Waals surface area contributed by atoms with Crippen molar-refractivity contribution in [3.8, 4) is 0 Å². The molecule has 5 heteroatoms. The van der Waals surface area contributed by atoms with Gasteiger partial charge in [0, 0.05) is 0 Å². The van der Waals surface area contributed by atoms with E-state index in [9.17, 15) is 18.8 Å². The molecule has 116 valence electrons. The molecule has 1 aromatic carbocycles. The van der Waals surface area contributed by atoms with E-state index >= 15 is 0 Å². The SMILES string of the molecule is O=C(O)C(=O)C1CCCCCC(=Cc2ccc(F)cc2)C1=O. The quantitative estimate of drug-likeness (QED) is 0.529. The standard InChI is InChI=1S/C17H17FO4/c18-13-8-6-11(7-9-13)10-12-4-2-1-3-5-14(15(12)19)16(20)17(21)22/h6-10,14H,1-5H2,(H,21,22). The second-order valence-corrected chi connectivity index (χ2v) is 5.41. The first-order valence-electron chi connectivity index (χ1n) is 7.26. The first kappa shape index (κ1) is 16.1. The fourth-order valence-electron chi connectivity index (χ4n) is 2.62. The number of carbonyl (C=O) groups is 3. The maximum absolute atomic E-state index is 12.9. The smallest absolute Gasteiger partial charge is 0.372 e. The third kappa shape index (κ3) is 3.87. The van der Waals surface area contributed by atoms with Crippen LogP contribution in [-0.4, -0.2) is 22.6 Å². The van der Waals surface area contributed by atoms with Gasteiger partial charge in [-0.25, -0.2) is 9.18 Å². The van der Waals surface area contributed by atoms with E-state index in [0.717, 1.165) is 12.8 Å². The molecule has 0 saturated heterocycles. The number of halogens is 1. The minimum Gasteiger partial charge on any atom is -0.475 e. The Bertz CT molecular complexity index is 616. The van der Waals surface area contributed by atoms with Crippen molar-refractivity contribution >= 4 is 23.6 Å². The van der Waals surface area contributed by atoms with Gasteiger partial charge in [0.15, 0.2) is 5.78 Å². The Morgan fingerprint density at radius 3 is 2.45 bits per heavy atom. The molecular formula is C17H17FO4. The van der Waals surface area contributed by atoms with E-state index in [1.165, 1.54) is 12.1 Å². The topological polar surface area (TPSA) is 71.4 Å². The van der Waals surface area contributed by atoms with Crippen LogP contribution in [0, 0.1) is 11.7 Å². The summed E-state index contributed by atoms with van der Waals surface area (Å²) in [5.74, 6) is -4.51. The van der Waals surface area contributed by atoms with Crippen molar-refractivity contribution in [2.24, 2.45) is 5.92 Å². The van der Waals surface area contributed by atoms with E-state index in [2.05, 4.69) is 0 Å². The number of hydrogen-bond donors (Lipinski definition) is 1. The number of carbonyl (C=O) groups excluding carboxylic acids is 2. The highest BCUT2D eigenvalue weighted by atomic mass is 19.1. The van der Waals surface area contributed by atoms with Crippen LogP contribution in [0.2, 0.25) is 0 Å². The van der Waals surface area contributed by atoms with Gasteiger partial charge in [0.2, 0.25) is 0 Å². The van der Waals surface area contributed by atoms with E-state index in [0.29, 0.717) is 24.0 Å².